The van der Waals surface area contributed by atoms with Crippen LogP contribution >= 0.6 is 20.8 Å². The van der Waals surface area contributed by atoms with Crippen LogP contribution in [0.15, 0.2) is 30.5 Å². The smallest absolute Gasteiger partial charge is 0.415 e. The van der Waals surface area contributed by atoms with Crippen molar-refractivity contribution in [1.29, 1.82) is 0 Å². The number of amides is 1. The van der Waals surface area contributed by atoms with Gasteiger partial charge < -0.3 is 9.47 Å². The summed E-state index contributed by atoms with van der Waals surface area (Å²) in [6, 6.07) is 7.41. The fraction of sp³-hybridized carbons (Fsp3) is 0.333. The van der Waals surface area contributed by atoms with Gasteiger partial charge in [-0.05, 0) is 44.3 Å². The molecule has 0 spiro atoms. The molecular formula is C18H20ClN2O3P. The van der Waals surface area contributed by atoms with Gasteiger partial charge in [-0.3, -0.25) is 9.88 Å². The first-order valence-electron chi connectivity index (χ1n) is 7.93. The maximum atomic E-state index is 12.5. The second kappa shape index (κ2) is 6.81. The Hall–Kier alpha value is -1.84. The standard InChI is InChI=1S/C18H20ClN2O3P/c1-18(2,3)24-17(22)21-6-7-23-15-10-20-13(9-14(15)21)12-8-11(19)4-5-16(12)25/h4-5,8-10H,6-7,25H2,1-3H3. The molecule has 0 bridgehead atoms. The van der Waals surface area contributed by atoms with Gasteiger partial charge >= 0.3 is 6.09 Å². The Kier molecular flexibility index (Phi) is 4.90. The molecule has 2 aromatic rings. The molecule has 1 aliphatic heterocycles. The molecule has 0 fully saturated rings. The van der Waals surface area contributed by atoms with E-state index in [-0.39, 0.29) is 0 Å². The van der Waals surface area contributed by atoms with E-state index < -0.39 is 11.7 Å². The lowest BCUT2D eigenvalue weighted by Gasteiger charge is -2.31. The van der Waals surface area contributed by atoms with Gasteiger partial charge in [0.05, 0.1) is 24.1 Å². The summed E-state index contributed by atoms with van der Waals surface area (Å²) >= 11 is 6.12. The fourth-order valence-corrected chi connectivity index (χ4v) is 3.03. The van der Waals surface area contributed by atoms with E-state index in [0.717, 1.165) is 10.9 Å². The third kappa shape index (κ3) is 4.05. The second-order valence-corrected chi connectivity index (χ2v) is 7.81. The van der Waals surface area contributed by atoms with E-state index in [2.05, 4.69) is 14.2 Å². The van der Waals surface area contributed by atoms with Crippen LogP contribution in [0.25, 0.3) is 11.3 Å². The van der Waals surface area contributed by atoms with Gasteiger partial charge in [0.15, 0.2) is 5.75 Å². The number of halogens is 1. The molecule has 0 aliphatic carbocycles. The van der Waals surface area contributed by atoms with Crippen LogP contribution in [0, 0.1) is 0 Å². The second-order valence-electron chi connectivity index (χ2n) is 6.75. The van der Waals surface area contributed by atoms with Crippen LogP contribution in [0.3, 0.4) is 0 Å². The normalized spacial score (nSPS) is 13.9. The van der Waals surface area contributed by atoms with Crippen LogP contribution in [0.2, 0.25) is 5.02 Å². The van der Waals surface area contributed by atoms with Crippen molar-refractivity contribution in [1.82, 2.24) is 4.98 Å². The first-order chi connectivity index (χ1) is 11.7. The van der Waals surface area contributed by atoms with Crippen LogP contribution in [-0.2, 0) is 4.74 Å². The number of rotatable bonds is 1. The highest BCUT2D eigenvalue weighted by Crippen LogP contribution is 2.35. The minimum Gasteiger partial charge on any atom is -0.488 e. The van der Waals surface area contributed by atoms with Crippen LogP contribution < -0.4 is 14.9 Å². The molecule has 5 nitrogen and oxygen atoms in total. The minimum absolute atomic E-state index is 0.397. The van der Waals surface area contributed by atoms with Crippen LogP contribution in [0.4, 0.5) is 10.5 Å². The molecule has 1 amide bonds. The minimum atomic E-state index is -0.564. The van der Waals surface area contributed by atoms with Gasteiger partial charge in [0.2, 0.25) is 0 Å². The molecule has 7 heteroatoms. The summed E-state index contributed by atoms with van der Waals surface area (Å²) < 4.78 is 11.1. The lowest BCUT2D eigenvalue weighted by atomic mass is 10.1. The summed E-state index contributed by atoms with van der Waals surface area (Å²) in [5, 5.41) is 1.60. The number of anilines is 1. The Morgan fingerprint density at radius 2 is 2.12 bits per heavy atom. The Balaban J connectivity index is 2.01. The lowest BCUT2D eigenvalue weighted by Crippen LogP contribution is -2.41. The van der Waals surface area contributed by atoms with Crippen molar-refractivity contribution < 1.29 is 14.3 Å². The fourth-order valence-electron chi connectivity index (χ4n) is 2.53. The quantitative estimate of drug-likeness (QED) is 0.703. The van der Waals surface area contributed by atoms with Crippen molar-refractivity contribution >= 4 is 37.9 Å². The topological polar surface area (TPSA) is 51.7 Å². The predicted octanol–water partition coefficient (Wildman–Crippen LogP) is 4.04. The van der Waals surface area contributed by atoms with Crippen molar-refractivity contribution in [2.75, 3.05) is 18.1 Å². The van der Waals surface area contributed by atoms with Gasteiger partial charge in [-0.2, -0.15) is 0 Å². The van der Waals surface area contributed by atoms with E-state index in [4.69, 9.17) is 21.1 Å². The average Bonchev–Trinajstić information content (AvgIpc) is 2.54. The molecule has 0 saturated carbocycles. The van der Waals surface area contributed by atoms with Gasteiger partial charge in [-0.25, -0.2) is 4.79 Å². The van der Waals surface area contributed by atoms with E-state index in [0.29, 0.717) is 35.3 Å². The molecule has 25 heavy (non-hydrogen) atoms. The third-order valence-corrected chi connectivity index (χ3v) is 4.35. The average molecular weight is 379 g/mol. The Bertz CT molecular complexity index is 820. The summed E-state index contributed by atoms with van der Waals surface area (Å²) in [5.74, 6) is 0.563. The van der Waals surface area contributed by atoms with Gasteiger partial charge in [0, 0.05) is 10.6 Å². The van der Waals surface area contributed by atoms with E-state index in [1.54, 1.807) is 11.1 Å². The zero-order chi connectivity index (χ0) is 18.2. The highest BCUT2D eigenvalue weighted by Gasteiger charge is 2.29. The third-order valence-electron chi connectivity index (χ3n) is 3.62. The highest BCUT2D eigenvalue weighted by molar-refractivity contribution is 7.28. The number of hydrogen-bond donors (Lipinski definition) is 0. The van der Waals surface area contributed by atoms with E-state index >= 15 is 0 Å². The van der Waals surface area contributed by atoms with Crippen molar-refractivity contribution in [2.45, 2.75) is 26.4 Å². The number of pyridine rings is 1. The molecule has 1 aromatic heterocycles. The highest BCUT2D eigenvalue weighted by atomic mass is 35.5. The van der Waals surface area contributed by atoms with Gasteiger partial charge in [0.1, 0.15) is 12.2 Å². The zero-order valence-corrected chi connectivity index (χ0v) is 16.3. The Morgan fingerprint density at radius 3 is 2.84 bits per heavy atom. The maximum absolute atomic E-state index is 12.5. The monoisotopic (exact) mass is 378 g/mol. The maximum Gasteiger partial charge on any atom is 0.415 e. The zero-order valence-electron chi connectivity index (χ0n) is 14.4. The molecule has 1 aliphatic rings. The summed E-state index contributed by atoms with van der Waals surface area (Å²) in [4.78, 5) is 18.6. The van der Waals surface area contributed by atoms with Crippen molar-refractivity contribution in [3.05, 3.63) is 35.5 Å². The molecular weight excluding hydrogens is 359 g/mol. The summed E-state index contributed by atoms with van der Waals surface area (Å²) in [7, 11) is 2.67. The van der Waals surface area contributed by atoms with Gasteiger partial charge in [0.25, 0.3) is 0 Å². The molecule has 132 valence electrons. The Labute approximate surface area is 154 Å². The number of hydrogen-bond acceptors (Lipinski definition) is 4. The number of fused-ring (bicyclic) bond motifs is 1. The van der Waals surface area contributed by atoms with Crippen molar-refractivity contribution in [3.63, 3.8) is 0 Å². The molecule has 3 rings (SSSR count). The number of aromatic nitrogens is 1. The number of ether oxygens (including phenoxy) is 2. The number of nitrogens with zero attached hydrogens (tertiary/aromatic N) is 2. The summed E-state index contributed by atoms with van der Waals surface area (Å²) in [6.07, 6.45) is 1.23. The van der Waals surface area contributed by atoms with Gasteiger partial charge in [-0.1, -0.05) is 17.7 Å². The molecule has 1 atom stereocenters. The Morgan fingerprint density at radius 1 is 1.36 bits per heavy atom. The number of carbonyl (C=O) groups excluding carboxylic acids is 1. The number of carbonyl (C=O) groups is 1. The van der Waals surface area contributed by atoms with Crippen LogP contribution in [0.5, 0.6) is 5.75 Å². The van der Waals surface area contributed by atoms with E-state index in [9.17, 15) is 4.79 Å². The van der Waals surface area contributed by atoms with E-state index in [1.165, 1.54) is 0 Å². The molecule has 2 heterocycles. The van der Waals surface area contributed by atoms with Crippen LogP contribution in [0.1, 0.15) is 20.8 Å². The van der Waals surface area contributed by atoms with Gasteiger partial charge in [-0.15, -0.1) is 9.24 Å². The molecule has 0 saturated heterocycles. The first-order valence-corrected chi connectivity index (χ1v) is 8.89. The lowest BCUT2D eigenvalue weighted by molar-refractivity contribution is 0.0567. The van der Waals surface area contributed by atoms with Crippen molar-refractivity contribution in [3.8, 4) is 17.0 Å². The van der Waals surface area contributed by atoms with E-state index in [1.807, 2.05) is 45.0 Å². The number of benzene rings is 1. The first kappa shape index (κ1) is 18.0. The largest absolute Gasteiger partial charge is 0.488 e. The summed E-state index contributed by atoms with van der Waals surface area (Å²) in [5.41, 5.74) is 1.68. The molecule has 0 N–H and O–H groups in total. The molecule has 1 aromatic carbocycles. The predicted molar refractivity (Wildman–Crippen MR) is 103 cm³/mol. The molecule has 0 radical (unpaired) electrons. The summed E-state index contributed by atoms with van der Waals surface area (Å²) in [6.45, 7) is 6.36. The SMILES string of the molecule is CC(C)(C)OC(=O)N1CCOc2cnc(-c3cc(Cl)ccc3P)cc21. The van der Waals surface area contributed by atoms with Crippen molar-refractivity contribution in [2.24, 2.45) is 0 Å². The molecule has 1 unspecified atom stereocenters. The van der Waals surface area contributed by atoms with Crippen LogP contribution in [-0.4, -0.2) is 29.8 Å².